The summed E-state index contributed by atoms with van der Waals surface area (Å²) in [7, 11) is 3.40. The third kappa shape index (κ3) is 3.13. The van der Waals surface area contributed by atoms with Crippen LogP contribution in [0.5, 0.6) is 5.75 Å². The highest BCUT2D eigenvalue weighted by Crippen LogP contribution is 2.25. The molecule has 1 aliphatic heterocycles. The van der Waals surface area contributed by atoms with Crippen LogP contribution in [0.25, 0.3) is 0 Å². The molecule has 3 rings (SSSR count). The minimum atomic E-state index is -0.507. The number of aromatic nitrogens is 1. The van der Waals surface area contributed by atoms with Crippen LogP contribution in [0.15, 0.2) is 42.6 Å². The van der Waals surface area contributed by atoms with Crippen LogP contribution in [0.4, 0.5) is 5.69 Å². The Morgan fingerprint density at radius 3 is 2.83 bits per heavy atom. The van der Waals surface area contributed by atoms with Gasteiger partial charge in [-0.3, -0.25) is 9.59 Å². The van der Waals surface area contributed by atoms with Gasteiger partial charge in [0, 0.05) is 31.5 Å². The van der Waals surface area contributed by atoms with Gasteiger partial charge in [-0.05, 0) is 37.1 Å². The minimum absolute atomic E-state index is 0.0861. The van der Waals surface area contributed by atoms with Gasteiger partial charge >= 0.3 is 0 Å². The first kappa shape index (κ1) is 16.1. The van der Waals surface area contributed by atoms with E-state index in [0.717, 1.165) is 12.1 Å². The number of amides is 2. The average molecular weight is 327 g/mol. The second-order valence-electron chi connectivity index (χ2n) is 5.86. The fourth-order valence-corrected chi connectivity index (χ4v) is 2.97. The maximum Gasteiger partial charge on any atom is 0.268 e. The number of carbonyl (C=O) groups excluding carboxylic acids is 2. The van der Waals surface area contributed by atoms with Crippen LogP contribution >= 0.6 is 0 Å². The summed E-state index contributed by atoms with van der Waals surface area (Å²) < 4.78 is 6.96. The molecule has 1 atom stereocenters. The number of benzene rings is 1. The van der Waals surface area contributed by atoms with Gasteiger partial charge in [-0.15, -0.1) is 0 Å². The van der Waals surface area contributed by atoms with Crippen molar-refractivity contribution in [3.8, 4) is 5.75 Å². The highest BCUT2D eigenvalue weighted by molar-refractivity contribution is 6.02. The third-order valence-corrected chi connectivity index (χ3v) is 4.29. The molecule has 24 heavy (non-hydrogen) atoms. The lowest BCUT2D eigenvalue weighted by molar-refractivity contribution is -0.121. The van der Waals surface area contributed by atoms with Crippen molar-refractivity contribution in [3.63, 3.8) is 0 Å². The molecule has 126 valence electrons. The van der Waals surface area contributed by atoms with Crippen LogP contribution in [-0.2, 0) is 11.8 Å². The molecule has 0 saturated carbocycles. The van der Waals surface area contributed by atoms with Crippen molar-refractivity contribution in [1.29, 1.82) is 0 Å². The van der Waals surface area contributed by atoms with Crippen molar-refractivity contribution in [1.82, 2.24) is 9.88 Å². The average Bonchev–Trinajstić information content (AvgIpc) is 3.03. The normalized spacial score (nSPS) is 17.7. The van der Waals surface area contributed by atoms with Crippen LogP contribution in [0.2, 0.25) is 0 Å². The lowest BCUT2D eigenvalue weighted by Gasteiger charge is -2.32. The zero-order valence-corrected chi connectivity index (χ0v) is 13.9. The third-order valence-electron chi connectivity index (χ3n) is 4.29. The largest absolute Gasteiger partial charge is 0.497 e. The summed E-state index contributed by atoms with van der Waals surface area (Å²) in [6.45, 7) is 0.641. The summed E-state index contributed by atoms with van der Waals surface area (Å²) in [4.78, 5) is 26.9. The molecule has 2 aromatic rings. The Hall–Kier alpha value is -2.76. The number of carbonyl (C=O) groups is 2. The summed E-state index contributed by atoms with van der Waals surface area (Å²) >= 11 is 0. The van der Waals surface area contributed by atoms with E-state index in [4.69, 9.17) is 4.74 Å². The van der Waals surface area contributed by atoms with Crippen molar-refractivity contribution in [2.75, 3.05) is 18.6 Å². The molecule has 1 aliphatic rings. The van der Waals surface area contributed by atoms with E-state index in [-0.39, 0.29) is 11.8 Å². The summed E-state index contributed by atoms with van der Waals surface area (Å²) in [5.74, 6) is 0.390. The molecule has 1 aromatic heterocycles. The number of hydrogen-bond donors (Lipinski definition) is 1. The lowest BCUT2D eigenvalue weighted by Crippen LogP contribution is -2.52. The highest BCUT2D eigenvalue weighted by Gasteiger charge is 2.31. The fourth-order valence-electron chi connectivity index (χ4n) is 2.97. The van der Waals surface area contributed by atoms with E-state index >= 15 is 0 Å². The Bertz CT molecular complexity index is 753. The number of aryl methyl sites for hydroxylation is 1. The Labute approximate surface area is 141 Å². The van der Waals surface area contributed by atoms with Crippen molar-refractivity contribution < 1.29 is 14.3 Å². The van der Waals surface area contributed by atoms with E-state index < -0.39 is 6.04 Å². The number of rotatable bonds is 4. The first-order valence-corrected chi connectivity index (χ1v) is 7.98. The molecule has 1 fully saturated rings. The summed E-state index contributed by atoms with van der Waals surface area (Å²) in [6, 6.07) is 10.4. The second-order valence-corrected chi connectivity index (χ2v) is 5.86. The first-order chi connectivity index (χ1) is 11.6. The zero-order chi connectivity index (χ0) is 17.1. The van der Waals surface area contributed by atoms with Crippen molar-refractivity contribution in [3.05, 3.63) is 48.3 Å². The van der Waals surface area contributed by atoms with Crippen molar-refractivity contribution >= 4 is 17.5 Å². The van der Waals surface area contributed by atoms with Crippen LogP contribution in [-0.4, -0.2) is 36.1 Å². The quantitative estimate of drug-likeness (QED) is 0.934. The van der Waals surface area contributed by atoms with E-state index in [0.29, 0.717) is 24.4 Å². The number of nitrogens with one attached hydrogen (secondary N) is 1. The van der Waals surface area contributed by atoms with Gasteiger partial charge in [-0.2, -0.15) is 0 Å². The molecular formula is C18H21N3O3. The van der Waals surface area contributed by atoms with Crippen LogP contribution in [0.1, 0.15) is 23.3 Å². The van der Waals surface area contributed by atoms with Gasteiger partial charge < -0.3 is 19.5 Å². The predicted octanol–water partition coefficient (Wildman–Crippen LogP) is 1.96. The van der Waals surface area contributed by atoms with Gasteiger partial charge in [0.2, 0.25) is 5.91 Å². The number of piperidine rings is 1. The standard InChI is InChI=1S/C18H21N3O3/c1-20-10-5-9-16(20)17(22)19-15-8-4-11-21(18(15)23)13-6-3-7-14(12-13)24-2/h3,5-7,9-10,12,15H,4,8,11H2,1-2H3,(H,19,22)/t15-/m1/s1. The minimum Gasteiger partial charge on any atom is -0.497 e. The smallest absolute Gasteiger partial charge is 0.268 e. The molecule has 1 aromatic carbocycles. The molecule has 6 nitrogen and oxygen atoms in total. The van der Waals surface area contributed by atoms with Gasteiger partial charge in [-0.25, -0.2) is 0 Å². The highest BCUT2D eigenvalue weighted by atomic mass is 16.5. The number of nitrogens with zero attached hydrogens (tertiary/aromatic N) is 2. The first-order valence-electron chi connectivity index (χ1n) is 7.98. The maximum absolute atomic E-state index is 12.8. The molecule has 0 unspecified atom stereocenters. The molecule has 2 amide bonds. The second kappa shape index (κ2) is 6.78. The van der Waals surface area contributed by atoms with E-state index in [2.05, 4.69) is 5.32 Å². The van der Waals surface area contributed by atoms with Crippen molar-refractivity contribution in [2.45, 2.75) is 18.9 Å². The zero-order valence-electron chi connectivity index (χ0n) is 13.9. The molecule has 1 saturated heterocycles. The molecular weight excluding hydrogens is 306 g/mol. The summed E-state index contributed by atoms with van der Waals surface area (Å²) in [6.07, 6.45) is 3.29. The number of hydrogen-bond acceptors (Lipinski definition) is 3. The lowest BCUT2D eigenvalue weighted by atomic mass is 10.0. The molecule has 6 heteroatoms. The number of anilines is 1. The Kier molecular flexibility index (Phi) is 4.55. The molecule has 0 radical (unpaired) electrons. The predicted molar refractivity (Wildman–Crippen MR) is 91.2 cm³/mol. The maximum atomic E-state index is 12.8. The van der Waals surface area contributed by atoms with Gasteiger partial charge in [0.05, 0.1) is 7.11 Å². The fraction of sp³-hybridized carbons (Fsp3) is 0.333. The molecule has 0 aliphatic carbocycles. The summed E-state index contributed by atoms with van der Waals surface area (Å²) in [5.41, 5.74) is 1.33. The van der Waals surface area contributed by atoms with E-state index in [9.17, 15) is 9.59 Å². The van der Waals surface area contributed by atoms with Gasteiger partial charge in [0.1, 0.15) is 17.5 Å². The Morgan fingerprint density at radius 1 is 1.29 bits per heavy atom. The van der Waals surface area contributed by atoms with E-state index in [1.54, 1.807) is 42.0 Å². The van der Waals surface area contributed by atoms with Crippen LogP contribution in [0, 0.1) is 0 Å². The van der Waals surface area contributed by atoms with Crippen molar-refractivity contribution in [2.24, 2.45) is 7.05 Å². The number of methoxy groups -OCH3 is 1. The SMILES string of the molecule is COc1cccc(N2CCC[C@@H](NC(=O)c3cccn3C)C2=O)c1. The van der Waals surface area contributed by atoms with Gasteiger partial charge in [0.25, 0.3) is 5.91 Å². The molecule has 1 N–H and O–H groups in total. The van der Waals surface area contributed by atoms with Gasteiger partial charge in [0.15, 0.2) is 0 Å². The monoisotopic (exact) mass is 327 g/mol. The number of ether oxygens (including phenoxy) is 1. The van der Waals surface area contributed by atoms with E-state index in [1.807, 2.05) is 24.3 Å². The van der Waals surface area contributed by atoms with Crippen LogP contribution < -0.4 is 15.0 Å². The molecule has 2 heterocycles. The molecule has 0 spiro atoms. The van der Waals surface area contributed by atoms with Crippen LogP contribution in [0.3, 0.4) is 0 Å². The topological polar surface area (TPSA) is 63.6 Å². The Balaban J connectivity index is 1.75. The summed E-state index contributed by atoms with van der Waals surface area (Å²) in [5, 5.41) is 2.86. The Morgan fingerprint density at radius 2 is 2.12 bits per heavy atom. The molecule has 0 bridgehead atoms. The van der Waals surface area contributed by atoms with E-state index in [1.165, 1.54) is 0 Å². The van der Waals surface area contributed by atoms with Gasteiger partial charge in [-0.1, -0.05) is 6.07 Å².